The van der Waals surface area contributed by atoms with Crippen LogP contribution in [0.3, 0.4) is 0 Å². The summed E-state index contributed by atoms with van der Waals surface area (Å²) < 4.78 is 5.25. The fraction of sp³-hybridized carbons (Fsp3) is 0.300. The van der Waals surface area contributed by atoms with E-state index in [1.165, 1.54) is 0 Å². The summed E-state index contributed by atoms with van der Waals surface area (Å²) in [7, 11) is 1.65. The maximum atomic E-state index is 8.84. The zero-order valence-electron chi connectivity index (χ0n) is 7.86. The van der Waals surface area contributed by atoms with Crippen LogP contribution in [0.2, 0.25) is 0 Å². The molecule has 0 aromatic heterocycles. The maximum Gasteiger partial charge on any atom is 0.133 e. The van der Waals surface area contributed by atoms with Gasteiger partial charge in [0.2, 0.25) is 0 Å². The predicted octanol–water partition coefficient (Wildman–Crippen LogP) is 2.37. The van der Waals surface area contributed by atoms with Crippen molar-refractivity contribution in [2.24, 2.45) is 5.16 Å². The SMILES string of the molecule is COc1cccc2c1SCC/C2=N\O. The molecule has 0 unspecified atom stereocenters. The molecule has 0 bridgehead atoms. The van der Waals surface area contributed by atoms with E-state index in [1.54, 1.807) is 18.9 Å². The van der Waals surface area contributed by atoms with Gasteiger partial charge in [-0.3, -0.25) is 0 Å². The van der Waals surface area contributed by atoms with E-state index in [9.17, 15) is 0 Å². The molecule has 0 spiro atoms. The molecule has 1 aliphatic heterocycles. The maximum absolute atomic E-state index is 8.84. The van der Waals surface area contributed by atoms with Crippen LogP contribution in [0.4, 0.5) is 0 Å². The van der Waals surface area contributed by atoms with E-state index in [0.29, 0.717) is 0 Å². The van der Waals surface area contributed by atoms with Crippen molar-refractivity contribution in [1.82, 2.24) is 0 Å². The van der Waals surface area contributed by atoms with Gasteiger partial charge in [-0.05, 0) is 6.07 Å². The molecule has 1 aromatic rings. The van der Waals surface area contributed by atoms with Gasteiger partial charge in [-0.25, -0.2) is 0 Å². The highest BCUT2D eigenvalue weighted by Gasteiger charge is 2.19. The van der Waals surface area contributed by atoms with E-state index in [0.717, 1.165) is 34.1 Å². The third kappa shape index (κ3) is 1.46. The molecule has 0 aliphatic carbocycles. The van der Waals surface area contributed by atoms with E-state index in [2.05, 4.69) is 5.16 Å². The number of rotatable bonds is 1. The third-order valence-electron chi connectivity index (χ3n) is 2.22. The Bertz CT molecular complexity index is 376. The lowest BCUT2D eigenvalue weighted by atomic mass is 10.1. The third-order valence-corrected chi connectivity index (χ3v) is 3.33. The number of thioether (sulfide) groups is 1. The molecule has 1 aliphatic rings. The summed E-state index contributed by atoms with van der Waals surface area (Å²) in [4.78, 5) is 1.08. The van der Waals surface area contributed by atoms with Crippen molar-refractivity contribution < 1.29 is 9.94 Å². The Labute approximate surface area is 86.8 Å². The zero-order valence-corrected chi connectivity index (χ0v) is 8.67. The highest BCUT2D eigenvalue weighted by Crippen LogP contribution is 2.37. The van der Waals surface area contributed by atoms with Crippen molar-refractivity contribution in [2.45, 2.75) is 11.3 Å². The normalized spacial score (nSPS) is 17.9. The van der Waals surface area contributed by atoms with E-state index in [1.807, 2.05) is 18.2 Å². The second-order valence-electron chi connectivity index (χ2n) is 2.98. The molecule has 0 fully saturated rings. The summed E-state index contributed by atoms with van der Waals surface area (Å²) >= 11 is 1.74. The summed E-state index contributed by atoms with van der Waals surface area (Å²) in [6.45, 7) is 0. The van der Waals surface area contributed by atoms with Gasteiger partial charge in [0.05, 0.1) is 17.7 Å². The zero-order chi connectivity index (χ0) is 9.97. The molecule has 4 heteroatoms. The van der Waals surface area contributed by atoms with Crippen LogP contribution in [0.25, 0.3) is 0 Å². The van der Waals surface area contributed by atoms with Gasteiger partial charge in [0.25, 0.3) is 0 Å². The number of hydrogen-bond acceptors (Lipinski definition) is 4. The van der Waals surface area contributed by atoms with Gasteiger partial charge in [0, 0.05) is 17.7 Å². The second kappa shape index (κ2) is 3.92. The first kappa shape index (κ1) is 9.40. The Balaban J connectivity index is 2.55. The summed E-state index contributed by atoms with van der Waals surface area (Å²) in [5.74, 6) is 1.79. The Kier molecular flexibility index (Phi) is 2.63. The lowest BCUT2D eigenvalue weighted by molar-refractivity contribution is 0.318. The van der Waals surface area contributed by atoms with Crippen LogP contribution < -0.4 is 4.74 Å². The summed E-state index contributed by atoms with van der Waals surface area (Å²) in [5, 5.41) is 12.2. The fourth-order valence-electron chi connectivity index (χ4n) is 1.54. The van der Waals surface area contributed by atoms with E-state index in [-0.39, 0.29) is 0 Å². The van der Waals surface area contributed by atoms with Crippen molar-refractivity contribution in [1.29, 1.82) is 0 Å². The number of benzene rings is 1. The van der Waals surface area contributed by atoms with Crippen molar-refractivity contribution in [3.8, 4) is 5.75 Å². The van der Waals surface area contributed by atoms with Gasteiger partial charge in [0.1, 0.15) is 5.75 Å². The quantitative estimate of drug-likeness (QED) is 0.570. The van der Waals surface area contributed by atoms with Crippen molar-refractivity contribution in [2.75, 3.05) is 12.9 Å². The van der Waals surface area contributed by atoms with Gasteiger partial charge in [-0.15, -0.1) is 11.8 Å². The molecular weight excluding hydrogens is 198 g/mol. The number of fused-ring (bicyclic) bond motifs is 1. The van der Waals surface area contributed by atoms with Crippen molar-refractivity contribution >= 4 is 17.5 Å². The van der Waals surface area contributed by atoms with E-state index >= 15 is 0 Å². The van der Waals surface area contributed by atoms with Crippen LogP contribution in [0, 0.1) is 0 Å². The van der Waals surface area contributed by atoms with Gasteiger partial charge in [0.15, 0.2) is 0 Å². The highest BCUT2D eigenvalue weighted by molar-refractivity contribution is 7.99. The summed E-state index contributed by atoms with van der Waals surface area (Å²) in [6.07, 6.45) is 0.807. The van der Waals surface area contributed by atoms with Crippen LogP contribution in [0.15, 0.2) is 28.3 Å². The molecule has 0 radical (unpaired) electrons. The molecule has 2 rings (SSSR count). The molecule has 1 aromatic carbocycles. The Morgan fingerprint density at radius 1 is 1.50 bits per heavy atom. The standard InChI is InChI=1S/C10H11NO2S/c1-13-9-4-2-3-7-8(11-12)5-6-14-10(7)9/h2-4,12H,5-6H2,1H3/b11-8+. The highest BCUT2D eigenvalue weighted by atomic mass is 32.2. The van der Waals surface area contributed by atoms with E-state index < -0.39 is 0 Å². The van der Waals surface area contributed by atoms with Crippen LogP contribution >= 0.6 is 11.8 Å². The number of hydrogen-bond donors (Lipinski definition) is 1. The number of ether oxygens (including phenoxy) is 1. The van der Waals surface area contributed by atoms with Gasteiger partial charge in [-0.1, -0.05) is 17.3 Å². The monoisotopic (exact) mass is 209 g/mol. The second-order valence-corrected chi connectivity index (χ2v) is 4.09. The molecule has 14 heavy (non-hydrogen) atoms. The molecule has 74 valence electrons. The first-order valence-electron chi connectivity index (χ1n) is 4.38. The van der Waals surface area contributed by atoms with Gasteiger partial charge < -0.3 is 9.94 Å². The molecular formula is C10H11NO2S. The minimum absolute atomic E-state index is 0.748. The Morgan fingerprint density at radius 2 is 2.36 bits per heavy atom. The lowest BCUT2D eigenvalue weighted by Gasteiger charge is -2.18. The predicted molar refractivity (Wildman–Crippen MR) is 56.7 cm³/mol. The summed E-state index contributed by atoms with van der Waals surface area (Å²) in [5.41, 5.74) is 1.74. The minimum Gasteiger partial charge on any atom is -0.496 e. The van der Waals surface area contributed by atoms with Crippen molar-refractivity contribution in [3.63, 3.8) is 0 Å². The molecule has 0 amide bonds. The number of nitrogens with zero attached hydrogens (tertiary/aromatic N) is 1. The largest absolute Gasteiger partial charge is 0.496 e. The first-order valence-corrected chi connectivity index (χ1v) is 5.36. The van der Waals surface area contributed by atoms with Gasteiger partial charge in [-0.2, -0.15) is 0 Å². The Morgan fingerprint density at radius 3 is 3.07 bits per heavy atom. The average Bonchev–Trinajstić information content (AvgIpc) is 2.27. The molecule has 1 N–H and O–H groups in total. The molecule has 1 heterocycles. The van der Waals surface area contributed by atoms with Gasteiger partial charge >= 0.3 is 0 Å². The first-order chi connectivity index (χ1) is 6.86. The average molecular weight is 209 g/mol. The molecule has 0 saturated carbocycles. The molecule has 0 atom stereocenters. The van der Waals surface area contributed by atoms with Crippen LogP contribution in [-0.2, 0) is 0 Å². The van der Waals surface area contributed by atoms with Crippen LogP contribution in [0.1, 0.15) is 12.0 Å². The lowest BCUT2D eigenvalue weighted by Crippen LogP contribution is -2.10. The smallest absolute Gasteiger partial charge is 0.133 e. The summed E-state index contributed by atoms with van der Waals surface area (Å²) in [6, 6.07) is 5.79. The van der Waals surface area contributed by atoms with Crippen molar-refractivity contribution in [3.05, 3.63) is 23.8 Å². The number of methoxy groups -OCH3 is 1. The topological polar surface area (TPSA) is 41.8 Å². The molecule has 0 saturated heterocycles. The minimum atomic E-state index is 0.748. The van der Waals surface area contributed by atoms with E-state index in [4.69, 9.17) is 9.94 Å². The van der Waals surface area contributed by atoms with Crippen LogP contribution in [-0.4, -0.2) is 23.8 Å². The molecule has 3 nitrogen and oxygen atoms in total. The number of oxime groups is 1. The van der Waals surface area contributed by atoms with Crippen LogP contribution in [0.5, 0.6) is 5.75 Å². The fourth-order valence-corrected chi connectivity index (χ4v) is 2.68. The Hall–Kier alpha value is -1.16.